The molecule has 0 saturated carbocycles. The van der Waals surface area contributed by atoms with Crippen LogP contribution in [0.4, 0.5) is 30.4 Å². The summed E-state index contributed by atoms with van der Waals surface area (Å²) in [6.45, 7) is 1.72. The van der Waals surface area contributed by atoms with Gasteiger partial charge in [-0.05, 0) is 31.2 Å². The van der Waals surface area contributed by atoms with Crippen LogP contribution in [0.15, 0.2) is 53.2 Å². The first-order valence-corrected chi connectivity index (χ1v) is 7.47. The summed E-state index contributed by atoms with van der Waals surface area (Å²) < 4.78 is 44.0. The second kappa shape index (κ2) is 6.87. The Kier molecular flexibility index (Phi) is 4.61. The number of amides is 1. The van der Waals surface area contributed by atoms with Crippen LogP contribution in [0.25, 0.3) is 0 Å². The minimum atomic E-state index is -4.58. The van der Waals surface area contributed by atoms with Crippen LogP contribution in [0, 0.1) is 6.92 Å². The van der Waals surface area contributed by atoms with Crippen LogP contribution in [0.1, 0.15) is 21.8 Å². The van der Waals surface area contributed by atoms with E-state index in [0.717, 1.165) is 6.07 Å². The lowest BCUT2D eigenvalue weighted by Gasteiger charge is -2.13. The van der Waals surface area contributed by atoms with Crippen molar-refractivity contribution in [3.05, 3.63) is 65.7 Å². The molecule has 2 heterocycles. The van der Waals surface area contributed by atoms with Crippen molar-refractivity contribution in [2.75, 3.05) is 10.6 Å². The van der Waals surface area contributed by atoms with Gasteiger partial charge in [-0.2, -0.15) is 13.2 Å². The fourth-order valence-corrected chi connectivity index (χ4v) is 2.23. The molecule has 3 rings (SSSR count). The molecule has 0 unspecified atom stereocenters. The van der Waals surface area contributed by atoms with Gasteiger partial charge in [-0.25, -0.2) is 0 Å². The summed E-state index contributed by atoms with van der Waals surface area (Å²) in [6.07, 6.45) is -3.22. The second-order valence-electron chi connectivity index (χ2n) is 5.38. The van der Waals surface area contributed by atoms with Crippen LogP contribution < -0.4 is 10.6 Å². The molecular weight excluding hydrogens is 349 g/mol. The lowest BCUT2D eigenvalue weighted by atomic mass is 10.1. The van der Waals surface area contributed by atoms with Gasteiger partial charge < -0.3 is 15.2 Å². The van der Waals surface area contributed by atoms with Gasteiger partial charge in [0.1, 0.15) is 11.5 Å². The average molecular weight is 362 g/mol. The Morgan fingerprint density at radius 2 is 1.92 bits per heavy atom. The highest BCUT2D eigenvalue weighted by Gasteiger charge is 2.33. The number of hydrogen-bond donors (Lipinski definition) is 2. The largest absolute Gasteiger partial charge is 0.418 e. The quantitative estimate of drug-likeness (QED) is 0.719. The molecule has 0 aliphatic rings. The predicted octanol–water partition coefficient (Wildman–Crippen LogP) is 4.39. The number of benzene rings is 1. The van der Waals surface area contributed by atoms with Crippen molar-refractivity contribution in [3.63, 3.8) is 0 Å². The summed E-state index contributed by atoms with van der Waals surface area (Å²) in [4.78, 5) is 16.2. The smallest absolute Gasteiger partial charge is 0.360 e. The summed E-state index contributed by atoms with van der Waals surface area (Å²) >= 11 is 0. The molecule has 6 nitrogen and oxygen atoms in total. The van der Waals surface area contributed by atoms with Crippen LogP contribution in [0.5, 0.6) is 0 Å². The second-order valence-corrected chi connectivity index (χ2v) is 5.38. The molecule has 26 heavy (non-hydrogen) atoms. The van der Waals surface area contributed by atoms with Gasteiger partial charge in [-0.15, -0.1) is 0 Å². The molecule has 0 bridgehead atoms. The first-order chi connectivity index (χ1) is 12.3. The van der Waals surface area contributed by atoms with Gasteiger partial charge in [0.05, 0.1) is 11.3 Å². The molecule has 0 atom stereocenters. The van der Waals surface area contributed by atoms with Crippen molar-refractivity contribution in [3.8, 4) is 0 Å². The Labute approximate surface area is 146 Å². The van der Waals surface area contributed by atoms with Gasteiger partial charge >= 0.3 is 6.18 Å². The molecule has 9 heteroatoms. The number of anilines is 3. The average Bonchev–Trinajstić information content (AvgIpc) is 2.99. The lowest BCUT2D eigenvalue weighted by molar-refractivity contribution is -0.136. The summed E-state index contributed by atoms with van der Waals surface area (Å²) in [6, 6.07) is 9.37. The molecule has 1 aromatic carbocycles. The SMILES string of the molecule is Cc1cc(Nc2ccnc(C(=O)Nc3ccccc3C(F)(F)F)c2)no1. The minimum absolute atomic E-state index is 0.0489. The number of hydrogen-bond acceptors (Lipinski definition) is 5. The van der Waals surface area contributed by atoms with Crippen molar-refractivity contribution in [2.45, 2.75) is 13.1 Å². The molecule has 0 spiro atoms. The molecule has 134 valence electrons. The van der Waals surface area contributed by atoms with Crippen LogP contribution >= 0.6 is 0 Å². The van der Waals surface area contributed by atoms with Gasteiger partial charge in [0.25, 0.3) is 5.91 Å². The number of rotatable bonds is 4. The first-order valence-electron chi connectivity index (χ1n) is 7.47. The predicted molar refractivity (Wildman–Crippen MR) is 88.2 cm³/mol. The highest BCUT2D eigenvalue weighted by molar-refractivity contribution is 6.03. The number of carbonyl (C=O) groups is 1. The van der Waals surface area contributed by atoms with Gasteiger partial charge in [-0.3, -0.25) is 9.78 Å². The summed E-state index contributed by atoms with van der Waals surface area (Å²) in [5.41, 5.74) is -0.826. The van der Waals surface area contributed by atoms with E-state index in [2.05, 4.69) is 20.8 Å². The van der Waals surface area contributed by atoms with E-state index < -0.39 is 17.6 Å². The zero-order valence-corrected chi connectivity index (χ0v) is 13.5. The molecule has 0 saturated heterocycles. The summed E-state index contributed by atoms with van der Waals surface area (Å²) in [5.74, 6) is 0.271. The topological polar surface area (TPSA) is 80.0 Å². The van der Waals surface area contributed by atoms with E-state index in [1.165, 1.54) is 30.5 Å². The lowest BCUT2D eigenvalue weighted by Crippen LogP contribution is -2.17. The fraction of sp³-hybridized carbons (Fsp3) is 0.118. The molecule has 0 aliphatic heterocycles. The van der Waals surface area contributed by atoms with E-state index in [-0.39, 0.29) is 11.4 Å². The number of halogens is 3. The molecule has 0 radical (unpaired) electrons. The fourth-order valence-electron chi connectivity index (χ4n) is 2.23. The molecule has 0 fully saturated rings. The van der Waals surface area contributed by atoms with E-state index in [9.17, 15) is 18.0 Å². The Bertz CT molecular complexity index is 938. The maximum absolute atomic E-state index is 13.0. The van der Waals surface area contributed by atoms with E-state index in [4.69, 9.17) is 4.52 Å². The zero-order valence-electron chi connectivity index (χ0n) is 13.5. The minimum Gasteiger partial charge on any atom is -0.360 e. The van der Waals surface area contributed by atoms with E-state index in [1.54, 1.807) is 19.1 Å². The first kappa shape index (κ1) is 17.5. The van der Waals surface area contributed by atoms with E-state index >= 15 is 0 Å². The number of alkyl halides is 3. The highest BCUT2D eigenvalue weighted by atomic mass is 19.4. The number of aryl methyl sites for hydroxylation is 1. The molecule has 0 aliphatic carbocycles. The van der Waals surface area contributed by atoms with Gasteiger partial charge in [-0.1, -0.05) is 17.3 Å². The van der Waals surface area contributed by atoms with Crippen molar-refractivity contribution < 1.29 is 22.5 Å². The monoisotopic (exact) mass is 362 g/mol. The van der Waals surface area contributed by atoms with Crippen LogP contribution in [0.3, 0.4) is 0 Å². The molecule has 2 N–H and O–H groups in total. The molecule has 1 amide bonds. The third kappa shape index (κ3) is 4.00. The maximum atomic E-state index is 13.0. The number of nitrogens with zero attached hydrogens (tertiary/aromatic N) is 2. The molecular formula is C17H13F3N4O2. The number of carbonyl (C=O) groups excluding carboxylic acids is 1. The van der Waals surface area contributed by atoms with Crippen molar-refractivity contribution in [2.24, 2.45) is 0 Å². The Balaban J connectivity index is 1.80. The normalized spacial score (nSPS) is 11.2. The summed E-state index contributed by atoms with van der Waals surface area (Å²) in [7, 11) is 0. The zero-order chi connectivity index (χ0) is 18.7. The third-order valence-electron chi connectivity index (χ3n) is 3.37. The highest BCUT2D eigenvalue weighted by Crippen LogP contribution is 2.34. The number of nitrogens with one attached hydrogen (secondary N) is 2. The van der Waals surface area contributed by atoms with Crippen molar-refractivity contribution in [1.29, 1.82) is 0 Å². The number of aromatic nitrogens is 2. The van der Waals surface area contributed by atoms with Crippen LogP contribution in [-0.2, 0) is 6.18 Å². The van der Waals surface area contributed by atoms with Crippen LogP contribution in [0.2, 0.25) is 0 Å². The van der Waals surface area contributed by atoms with Gasteiger partial charge in [0, 0.05) is 18.0 Å². The standard InChI is InChI=1S/C17H13F3N4O2/c1-10-8-15(24-26-10)22-11-6-7-21-14(9-11)16(25)23-13-5-3-2-4-12(13)17(18,19)20/h2-9H,1H3,(H,23,25)(H,21,22,24). The third-order valence-corrected chi connectivity index (χ3v) is 3.37. The Morgan fingerprint density at radius 3 is 2.62 bits per heavy atom. The van der Waals surface area contributed by atoms with Crippen LogP contribution in [-0.4, -0.2) is 16.0 Å². The Hall–Kier alpha value is -3.36. The van der Waals surface area contributed by atoms with Crippen molar-refractivity contribution >= 4 is 23.1 Å². The van der Waals surface area contributed by atoms with E-state index in [0.29, 0.717) is 17.3 Å². The molecule has 3 aromatic rings. The van der Waals surface area contributed by atoms with E-state index in [1.807, 2.05) is 0 Å². The van der Waals surface area contributed by atoms with Crippen molar-refractivity contribution in [1.82, 2.24) is 10.1 Å². The molecule has 2 aromatic heterocycles. The number of para-hydroxylation sites is 1. The number of pyridine rings is 1. The maximum Gasteiger partial charge on any atom is 0.418 e. The summed E-state index contributed by atoms with van der Waals surface area (Å²) in [5, 5.41) is 8.92. The Morgan fingerprint density at radius 1 is 1.15 bits per heavy atom. The van der Waals surface area contributed by atoms with Gasteiger partial charge in [0.2, 0.25) is 0 Å². The van der Waals surface area contributed by atoms with Gasteiger partial charge in [0.15, 0.2) is 5.82 Å².